The smallest absolute Gasteiger partial charge is 0.252 e. The predicted octanol–water partition coefficient (Wildman–Crippen LogP) is 4.89. The van der Waals surface area contributed by atoms with Crippen molar-refractivity contribution in [3.8, 4) is 0 Å². The summed E-state index contributed by atoms with van der Waals surface area (Å²) in [5.74, 6) is 2.10. The van der Waals surface area contributed by atoms with E-state index in [2.05, 4.69) is 34.0 Å². The van der Waals surface area contributed by atoms with Crippen LogP contribution in [0.25, 0.3) is 10.9 Å². The highest BCUT2D eigenvalue weighted by molar-refractivity contribution is 6.06. The third-order valence-electron chi connectivity index (χ3n) is 7.49. The lowest BCUT2D eigenvalue weighted by molar-refractivity contribution is 0.0921. The van der Waals surface area contributed by atoms with E-state index in [1.807, 2.05) is 36.5 Å². The third kappa shape index (κ3) is 5.12. The molecule has 0 spiro atoms. The average Bonchev–Trinajstić information content (AvgIpc) is 2.87. The summed E-state index contributed by atoms with van der Waals surface area (Å²) in [6, 6.07) is 9.90. The highest BCUT2D eigenvalue weighted by Gasteiger charge is 2.25. The van der Waals surface area contributed by atoms with Crippen LogP contribution in [0, 0.1) is 5.92 Å². The van der Waals surface area contributed by atoms with Crippen molar-refractivity contribution in [1.29, 1.82) is 0 Å². The molecule has 34 heavy (non-hydrogen) atoms. The van der Waals surface area contributed by atoms with E-state index in [4.69, 9.17) is 4.98 Å². The highest BCUT2D eigenvalue weighted by atomic mass is 16.1. The normalized spacial score (nSPS) is 20.9. The molecule has 3 aromatic rings. The fraction of sp³-hybridized carbons (Fsp3) is 0.500. The van der Waals surface area contributed by atoms with E-state index >= 15 is 0 Å². The minimum atomic E-state index is 0.0248. The maximum Gasteiger partial charge on any atom is 0.252 e. The number of carbonyl (C=O) groups excluding carboxylic acids is 1. The molecule has 2 aliphatic rings. The SMILES string of the molecule is CC(C)c1ncc2c(n1)CN(CC[C@H]1CC[C@H](NC(=O)c3cccc4ncccc34)CC1)CC2. The van der Waals surface area contributed by atoms with E-state index in [9.17, 15) is 4.79 Å². The molecule has 178 valence electrons. The van der Waals surface area contributed by atoms with Crippen LogP contribution in [0.3, 0.4) is 0 Å². The summed E-state index contributed by atoms with van der Waals surface area (Å²) < 4.78 is 0. The summed E-state index contributed by atoms with van der Waals surface area (Å²) >= 11 is 0. The number of carbonyl (C=O) groups is 1. The van der Waals surface area contributed by atoms with Crippen molar-refractivity contribution < 1.29 is 4.79 Å². The molecule has 1 N–H and O–H groups in total. The Morgan fingerprint density at radius 1 is 1.12 bits per heavy atom. The number of hydrogen-bond acceptors (Lipinski definition) is 5. The molecule has 3 heterocycles. The van der Waals surface area contributed by atoms with Gasteiger partial charge in [0.2, 0.25) is 0 Å². The Kier molecular flexibility index (Phi) is 6.86. The van der Waals surface area contributed by atoms with Gasteiger partial charge in [-0.25, -0.2) is 9.97 Å². The second-order valence-electron chi connectivity index (χ2n) is 10.2. The number of pyridine rings is 1. The fourth-order valence-corrected chi connectivity index (χ4v) is 5.37. The Bertz CT molecular complexity index is 1150. The Morgan fingerprint density at radius 3 is 2.79 bits per heavy atom. The number of nitrogens with zero attached hydrogens (tertiary/aromatic N) is 4. The van der Waals surface area contributed by atoms with Gasteiger partial charge in [0, 0.05) is 48.4 Å². The predicted molar refractivity (Wildman–Crippen MR) is 135 cm³/mol. The molecule has 1 aliphatic heterocycles. The summed E-state index contributed by atoms with van der Waals surface area (Å²) in [6.07, 6.45) is 10.6. The minimum Gasteiger partial charge on any atom is -0.349 e. The van der Waals surface area contributed by atoms with Crippen LogP contribution in [0.4, 0.5) is 0 Å². The second kappa shape index (κ2) is 10.2. The van der Waals surface area contributed by atoms with E-state index in [1.165, 1.54) is 30.5 Å². The van der Waals surface area contributed by atoms with E-state index in [0.717, 1.165) is 67.1 Å². The fourth-order valence-electron chi connectivity index (χ4n) is 5.37. The van der Waals surface area contributed by atoms with Crippen LogP contribution in [0.2, 0.25) is 0 Å². The molecule has 1 aliphatic carbocycles. The number of nitrogens with one attached hydrogen (secondary N) is 1. The molecule has 2 aromatic heterocycles. The molecule has 6 nitrogen and oxygen atoms in total. The summed E-state index contributed by atoms with van der Waals surface area (Å²) in [5, 5.41) is 4.21. The molecular formula is C28H35N5O. The van der Waals surface area contributed by atoms with E-state index < -0.39 is 0 Å². The van der Waals surface area contributed by atoms with Gasteiger partial charge in [-0.1, -0.05) is 26.0 Å². The summed E-state index contributed by atoms with van der Waals surface area (Å²) in [6.45, 7) is 7.48. The standard InChI is InChI=1S/C28H35N5O/c1-19(2)27-30-17-21-13-16-33(18-26(21)32-27)15-12-20-8-10-22(11-9-20)31-28(34)24-5-3-7-25-23(24)6-4-14-29-25/h3-7,14,17,19-20,22H,8-13,15-16,18H2,1-2H3,(H,31,34)/t20-,22-. The molecule has 0 bridgehead atoms. The van der Waals surface area contributed by atoms with Gasteiger partial charge < -0.3 is 5.32 Å². The number of amides is 1. The van der Waals surface area contributed by atoms with Crippen LogP contribution in [-0.2, 0) is 13.0 Å². The zero-order valence-electron chi connectivity index (χ0n) is 20.3. The lowest BCUT2D eigenvalue weighted by Crippen LogP contribution is -2.38. The zero-order chi connectivity index (χ0) is 23.5. The van der Waals surface area contributed by atoms with E-state index in [1.54, 1.807) is 6.20 Å². The molecule has 1 fully saturated rings. The Morgan fingerprint density at radius 2 is 1.97 bits per heavy atom. The van der Waals surface area contributed by atoms with Gasteiger partial charge in [-0.3, -0.25) is 14.7 Å². The van der Waals surface area contributed by atoms with E-state index in [-0.39, 0.29) is 11.9 Å². The number of fused-ring (bicyclic) bond motifs is 2. The van der Waals surface area contributed by atoms with Crippen molar-refractivity contribution in [2.75, 3.05) is 13.1 Å². The van der Waals surface area contributed by atoms with Gasteiger partial charge >= 0.3 is 0 Å². The van der Waals surface area contributed by atoms with Gasteiger partial charge in [-0.15, -0.1) is 0 Å². The molecule has 0 atom stereocenters. The average molecular weight is 458 g/mol. The first-order chi connectivity index (χ1) is 16.6. The van der Waals surface area contributed by atoms with Crippen LogP contribution >= 0.6 is 0 Å². The van der Waals surface area contributed by atoms with Gasteiger partial charge in [0.1, 0.15) is 5.82 Å². The molecule has 5 rings (SSSR count). The zero-order valence-corrected chi connectivity index (χ0v) is 20.3. The molecule has 1 saturated carbocycles. The van der Waals surface area contributed by atoms with Crippen LogP contribution in [0.15, 0.2) is 42.7 Å². The van der Waals surface area contributed by atoms with Gasteiger partial charge in [-0.05, 0) is 74.8 Å². The lowest BCUT2D eigenvalue weighted by atomic mass is 9.83. The lowest BCUT2D eigenvalue weighted by Gasteiger charge is -2.32. The third-order valence-corrected chi connectivity index (χ3v) is 7.49. The van der Waals surface area contributed by atoms with Crippen molar-refractivity contribution in [3.63, 3.8) is 0 Å². The maximum atomic E-state index is 13.0. The molecule has 1 amide bonds. The van der Waals surface area contributed by atoms with Crippen molar-refractivity contribution in [2.45, 2.75) is 70.9 Å². The van der Waals surface area contributed by atoms with Gasteiger partial charge in [0.05, 0.1) is 11.2 Å². The van der Waals surface area contributed by atoms with Gasteiger partial charge in [0.15, 0.2) is 0 Å². The highest BCUT2D eigenvalue weighted by Crippen LogP contribution is 2.28. The number of aromatic nitrogens is 3. The second-order valence-corrected chi connectivity index (χ2v) is 10.2. The molecule has 0 unspecified atom stereocenters. The number of hydrogen-bond donors (Lipinski definition) is 1. The van der Waals surface area contributed by atoms with E-state index in [0.29, 0.717) is 5.92 Å². The topological polar surface area (TPSA) is 71.0 Å². The maximum absolute atomic E-state index is 13.0. The molecule has 6 heteroatoms. The van der Waals surface area contributed by atoms with Crippen molar-refractivity contribution in [3.05, 3.63) is 65.4 Å². The Balaban J connectivity index is 1.10. The summed E-state index contributed by atoms with van der Waals surface area (Å²) in [5.41, 5.74) is 4.13. The quantitative estimate of drug-likeness (QED) is 0.571. The van der Waals surface area contributed by atoms with Crippen LogP contribution in [-0.4, -0.2) is 44.9 Å². The van der Waals surface area contributed by atoms with Gasteiger partial charge in [0.25, 0.3) is 5.91 Å². The van der Waals surface area contributed by atoms with Crippen LogP contribution in [0.5, 0.6) is 0 Å². The van der Waals surface area contributed by atoms with Gasteiger partial charge in [-0.2, -0.15) is 0 Å². The minimum absolute atomic E-state index is 0.0248. The largest absolute Gasteiger partial charge is 0.349 e. The number of rotatable bonds is 6. The van der Waals surface area contributed by atoms with Crippen molar-refractivity contribution in [1.82, 2.24) is 25.2 Å². The molecule has 1 aromatic carbocycles. The first-order valence-corrected chi connectivity index (χ1v) is 12.8. The number of benzene rings is 1. The monoisotopic (exact) mass is 457 g/mol. The Labute approximate surface area is 202 Å². The van der Waals surface area contributed by atoms with Crippen molar-refractivity contribution >= 4 is 16.8 Å². The molecule has 0 saturated heterocycles. The van der Waals surface area contributed by atoms with Crippen molar-refractivity contribution in [2.24, 2.45) is 5.92 Å². The van der Waals surface area contributed by atoms with Crippen LogP contribution < -0.4 is 5.32 Å². The first-order valence-electron chi connectivity index (χ1n) is 12.8. The summed E-state index contributed by atoms with van der Waals surface area (Å²) in [4.78, 5) is 29.3. The first kappa shape index (κ1) is 22.9. The molecule has 0 radical (unpaired) electrons. The van der Waals surface area contributed by atoms with Crippen LogP contribution in [0.1, 0.15) is 79.3 Å². The summed E-state index contributed by atoms with van der Waals surface area (Å²) in [7, 11) is 0. The molecular weight excluding hydrogens is 422 g/mol. The Hall–Kier alpha value is -2.86.